The highest BCUT2D eigenvalue weighted by Gasteiger charge is 2.30. The summed E-state index contributed by atoms with van der Waals surface area (Å²) in [6.45, 7) is 0.448. The molecule has 4 heteroatoms. The zero-order valence-corrected chi connectivity index (χ0v) is 8.86. The van der Waals surface area contributed by atoms with E-state index in [-0.39, 0.29) is 12.4 Å². The van der Waals surface area contributed by atoms with E-state index in [4.69, 9.17) is 10.4 Å². The van der Waals surface area contributed by atoms with Gasteiger partial charge in [0.1, 0.15) is 5.82 Å². The van der Waals surface area contributed by atoms with Gasteiger partial charge >= 0.3 is 0 Å². The average Bonchev–Trinajstić information content (AvgIpc) is 3.10. The third kappa shape index (κ3) is 2.15. The summed E-state index contributed by atoms with van der Waals surface area (Å²) in [6.07, 6.45) is 2.08. The van der Waals surface area contributed by atoms with Crippen LogP contribution in [-0.2, 0) is 0 Å². The smallest absolute Gasteiger partial charge is 0.147 e. The van der Waals surface area contributed by atoms with Crippen LogP contribution in [0.3, 0.4) is 0 Å². The Bertz CT molecular complexity index is 424. The second-order valence-electron chi connectivity index (χ2n) is 3.93. The highest BCUT2D eigenvalue weighted by atomic mass is 19.1. The van der Waals surface area contributed by atoms with Crippen LogP contribution in [0.5, 0.6) is 0 Å². The molecule has 0 unspecified atom stereocenters. The summed E-state index contributed by atoms with van der Waals surface area (Å²) in [5, 5.41) is 17.6. The maximum atomic E-state index is 13.7. The molecule has 0 heterocycles. The van der Waals surface area contributed by atoms with Crippen LogP contribution in [0, 0.1) is 17.1 Å². The fourth-order valence-electron chi connectivity index (χ4n) is 1.80. The Kier molecular flexibility index (Phi) is 3.07. The Morgan fingerprint density at radius 2 is 2.25 bits per heavy atom. The number of rotatable bonds is 4. The van der Waals surface area contributed by atoms with Crippen molar-refractivity contribution < 1.29 is 9.50 Å². The van der Waals surface area contributed by atoms with Crippen molar-refractivity contribution in [1.82, 2.24) is 0 Å². The lowest BCUT2D eigenvalue weighted by molar-refractivity contribution is 0.301. The van der Waals surface area contributed by atoms with Gasteiger partial charge in [-0.15, -0.1) is 0 Å². The van der Waals surface area contributed by atoms with Crippen molar-refractivity contribution in [2.75, 3.05) is 18.1 Å². The fraction of sp³-hybridized carbons (Fsp3) is 0.417. The second-order valence-corrected chi connectivity index (χ2v) is 3.93. The zero-order valence-electron chi connectivity index (χ0n) is 8.86. The predicted molar refractivity (Wildman–Crippen MR) is 58.6 cm³/mol. The molecule has 2 rings (SSSR count). The van der Waals surface area contributed by atoms with Crippen LogP contribution in [-0.4, -0.2) is 24.3 Å². The van der Waals surface area contributed by atoms with Gasteiger partial charge in [-0.1, -0.05) is 0 Å². The van der Waals surface area contributed by atoms with E-state index in [1.54, 1.807) is 12.1 Å². The van der Waals surface area contributed by atoms with Crippen LogP contribution < -0.4 is 4.90 Å². The maximum absolute atomic E-state index is 13.7. The lowest BCUT2D eigenvalue weighted by Crippen LogP contribution is -2.29. The van der Waals surface area contributed by atoms with Gasteiger partial charge in [-0.25, -0.2) is 4.39 Å². The number of hydrogen-bond acceptors (Lipinski definition) is 3. The molecule has 0 radical (unpaired) electrons. The summed E-state index contributed by atoms with van der Waals surface area (Å²) in [4.78, 5) is 1.87. The van der Waals surface area contributed by atoms with Crippen LogP contribution in [0.25, 0.3) is 0 Å². The molecule has 1 aliphatic carbocycles. The van der Waals surface area contributed by atoms with Crippen LogP contribution in [0.15, 0.2) is 18.2 Å². The van der Waals surface area contributed by atoms with E-state index in [9.17, 15) is 4.39 Å². The number of nitrogens with zero attached hydrogens (tertiary/aromatic N) is 2. The van der Waals surface area contributed by atoms with Crippen molar-refractivity contribution in [2.45, 2.75) is 18.9 Å². The van der Waals surface area contributed by atoms with Crippen LogP contribution in [0.2, 0.25) is 0 Å². The molecule has 0 bridgehead atoms. The number of hydrogen-bond donors (Lipinski definition) is 1. The predicted octanol–water partition coefficient (Wildman–Crippen LogP) is 1.66. The molecule has 1 aromatic carbocycles. The Morgan fingerprint density at radius 1 is 1.50 bits per heavy atom. The number of aliphatic hydroxyl groups is 1. The van der Waals surface area contributed by atoms with Gasteiger partial charge in [0, 0.05) is 12.6 Å². The highest BCUT2D eigenvalue weighted by Crippen LogP contribution is 2.32. The molecular weight excluding hydrogens is 207 g/mol. The topological polar surface area (TPSA) is 47.3 Å². The van der Waals surface area contributed by atoms with Crippen molar-refractivity contribution in [3.05, 3.63) is 29.6 Å². The van der Waals surface area contributed by atoms with Crippen molar-refractivity contribution in [1.29, 1.82) is 5.26 Å². The monoisotopic (exact) mass is 220 g/mol. The van der Waals surface area contributed by atoms with Gasteiger partial charge in [0.25, 0.3) is 0 Å². The van der Waals surface area contributed by atoms with Crippen molar-refractivity contribution in [3.8, 4) is 6.07 Å². The van der Waals surface area contributed by atoms with Crippen molar-refractivity contribution in [3.63, 3.8) is 0 Å². The molecule has 84 valence electrons. The minimum atomic E-state index is -0.389. The molecule has 1 N–H and O–H groups in total. The maximum Gasteiger partial charge on any atom is 0.147 e. The van der Waals surface area contributed by atoms with Gasteiger partial charge in [0.05, 0.1) is 23.9 Å². The molecule has 3 nitrogen and oxygen atoms in total. The highest BCUT2D eigenvalue weighted by molar-refractivity contribution is 5.52. The summed E-state index contributed by atoms with van der Waals surface area (Å²) < 4.78 is 13.7. The first-order valence-electron chi connectivity index (χ1n) is 5.33. The molecule has 0 saturated heterocycles. The van der Waals surface area contributed by atoms with E-state index in [1.807, 2.05) is 11.0 Å². The standard InChI is InChI=1S/C12H13FN2O/c13-11-7-9(8-14)1-4-12(11)15(5-6-16)10-2-3-10/h1,4,7,10,16H,2-3,5-6H2. The average molecular weight is 220 g/mol. The molecule has 0 aliphatic heterocycles. The second kappa shape index (κ2) is 4.50. The number of anilines is 1. The van der Waals surface area contributed by atoms with E-state index >= 15 is 0 Å². The Balaban J connectivity index is 2.27. The lowest BCUT2D eigenvalue weighted by Gasteiger charge is -2.24. The molecule has 1 aliphatic rings. The molecule has 0 aromatic heterocycles. The third-order valence-electron chi connectivity index (χ3n) is 2.71. The summed E-state index contributed by atoms with van der Waals surface area (Å²) in [5.41, 5.74) is 0.802. The van der Waals surface area contributed by atoms with Gasteiger partial charge < -0.3 is 10.0 Å². The summed E-state index contributed by atoms with van der Waals surface area (Å²) in [6, 6.07) is 6.70. The summed E-state index contributed by atoms with van der Waals surface area (Å²) in [5.74, 6) is -0.389. The SMILES string of the molecule is N#Cc1ccc(N(CCO)C2CC2)c(F)c1. The van der Waals surface area contributed by atoms with Gasteiger partial charge in [0.2, 0.25) is 0 Å². The number of halogens is 1. The molecule has 1 aromatic rings. The van der Waals surface area contributed by atoms with Crippen molar-refractivity contribution >= 4 is 5.69 Å². The Hall–Kier alpha value is -1.60. The van der Waals surface area contributed by atoms with Gasteiger partial charge in [-0.05, 0) is 31.0 Å². The largest absolute Gasteiger partial charge is 0.395 e. The molecule has 0 spiro atoms. The molecular formula is C12H13FN2O. The zero-order chi connectivity index (χ0) is 11.5. The minimum Gasteiger partial charge on any atom is -0.395 e. The quantitative estimate of drug-likeness (QED) is 0.839. The normalized spacial score (nSPS) is 14.6. The molecule has 0 amide bonds. The first-order valence-corrected chi connectivity index (χ1v) is 5.33. The first kappa shape index (κ1) is 10.9. The fourth-order valence-corrected chi connectivity index (χ4v) is 1.80. The molecule has 0 atom stereocenters. The molecule has 1 fully saturated rings. The first-order chi connectivity index (χ1) is 7.76. The van der Waals surface area contributed by atoms with Crippen molar-refractivity contribution in [2.24, 2.45) is 0 Å². The number of benzene rings is 1. The summed E-state index contributed by atoms with van der Waals surface area (Å²) >= 11 is 0. The van der Waals surface area contributed by atoms with E-state index in [0.717, 1.165) is 12.8 Å². The van der Waals surface area contributed by atoms with Crippen LogP contribution in [0.4, 0.5) is 10.1 Å². The van der Waals surface area contributed by atoms with Gasteiger partial charge in [0.15, 0.2) is 0 Å². The van der Waals surface area contributed by atoms with E-state index < -0.39 is 0 Å². The van der Waals surface area contributed by atoms with E-state index in [0.29, 0.717) is 23.8 Å². The number of aliphatic hydroxyl groups excluding tert-OH is 1. The van der Waals surface area contributed by atoms with Crippen LogP contribution in [0.1, 0.15) is 18.4 Å². The molecule has 1 saturated carbocycles. The van der Waals surface area contributed by atoms with Crippen LogP contribution >= 0.6 is 0 Å². The minimum absolute atomic E-state index is 0.00986. The van der Waals surface area contributed by atoms with Gasteiger partial charge in [-0.3, -0.25) is 0 Å². The number of nitriles is 1. The Labute approximate surface area is 93.7 Å². The van der Waals surface area contributed by atoms with Gasteiger partial charge in [-0.2, -0.15) is 5.26 Å². The third-order valence-corrected chi connectivity index (χ3v) is 2.71. The van der Waals surface area contributed by atoms with E-state index in [1.165, 1.54) is 6.07 Å². The Morgan fingerprint density at radius 3 is 2.75 bits per heavy atom. The lowest BCUT2D eigenvalue weighted by atomic mass is 10.2. The molecule has 16 heavy (non-hydrogen) atoms. The summed E-state index contributed by atoms with van der Waals surface area (Å²) in [7, 11) is 0. The van der Waals surface area contributed by atoms with E-state index in [2.05, 4.69) is 0 Å².